The van der Waals surface area contributed by atoms with Crippen LogP contribution >= 0.6 is 91.8 Å². The van der Waals surface area contributed by atoms with Gasteiger partial charge >= 0.3 is 6.94 Å². The molecule has 0 N–H and O–H groups in total. The molecule has 1 aliphatic rings. The second-order valence-corrected chi connectivity index (χ2v) is 12.5. The average Bonchev–Trinajstić information content (AvgIpc) is 1.97. The molecule has 0 aromatic rings. The molecule has 1 nitrogen and oxygen atoms in total. The van der Waals surface area contributed by atoms with E-state index < -0.39 is 26.2 Å². The van der Waals surface area contributed by atoms with E-state index >= 15 is 0 Å². The Hall–Kier alpha value is 2.50. The lowest BCUT2D eigenvalue weighted by Crippen LogP contribution is -2.64. The lowest BCUT2D eigenvalue weighted by atomic mass is 10.3. The van der Waals surface area contributed by atoms with Gasteiger partial charge in [0.25, 0.3) is 0 Å². The van der Waals surface area contributed by atoms with E-state index in [2.05, 4.69) is 0 Å². The summed E-state index contributed by atoms with van der Waals surface area (Å²) in [5.74, 6) is 0. The molecule has 14 heavy (non-hydrogen) atoms. The van der Waals surface area contributed by atoms with Crippen LogP contribution in [0.5, 0.6) is 0 Å². The summed E-state index contributed by atoms with van der Waals surface area (Å²) >= 11 is 46.3. The minimum atomic E-state index is -3.34. The molecule has 0 amide bonds. The minimum Gasteiger partial charge on any atom is -0.357 e. The van der Waals surface area contributed by atoms with Crippen LogP contribution < -0.4 is 0 Å². The molecule has 10 heteroatoms. The lowest BCUT2D eigenvalue weighted by molar-refractivity contribution is 0.199. The van der Waals surface area contributed by atoms with Gasteiger partial charge in [-0.25, -0.2) is 0 Å². The summed E-state index contributed by atoms with van der Waals surface area (Å²) in [5, 5.41) is -1.94. The normalized spacial score (nSPS) is 39.4. The number of hydrogen-bond donors (Lipinski definition) is 0. The molecule has 0 bridgehead atoms. The Morgan fingerprint density at radius 3 is 1.86 bits per heavy atom. The third-order valence-corrected chi connectivity index (χ3v) is 10.4. The molecule has 1 aliphatic heterocycles. The van der Waals surface area contributed by atoms with Gasteiger partial charge in [0.1, 0.15) is 0 Å². The highest BCUT2D eigenvalue weighted by atomic mass is 35.7. The third kappa shape index (κ3) is 2.35. The molecular formula is C4H2Cl8OSi. The Balaban J connectivity index is 3.09. The van der Waals surface area contributed by atoms with Gasteiger partial charge in [0.05, 0.1) is 10.4 Å². The SMILES string of the molecule is ClC1C(Cl)[Si](Cl)(Cl)OC(Cl)(Cl)C1(Cl)Cl. The summed E-state index contributed by atoms with van der Waals surface area (Å²) in [5.41, 5.74) is 0. The van der Waals surface area contributed by atoms with Gasteiger partial charge in [-0.3, -0.25) is 0 Å². The number of hydrogen-bond acceptors (Lipinski definition) is 1. The number of rotatable bonds is 0. The number of halogens is 8. The smallest absolute Gasteiger partial charge is 0.357 e. The van der Waals surface area contributed by atoms with Gasteiger partial charge in [-0.2, -0.15) is 0 Å². The van der Waals surface area contributed by atoms with Crippen molar-refractivity contribution in [2.75, 3.05) is 0 Å². The Bertz CT molecular complexity index is 241. The molecule has 84 valence electrons. The average molecular weight is 378 g/mol. The largest absolute Gasteiger partial charge is 0.411 e. The standard InChI is InChI=1S/C4H2Cl8OSi/c5-1-2(6)14(11,12)13-4(9,10)3(1,7)8/h1-2H. The molecule has 0 aliphatic carbocycles. The first-order valence-electron chi connectivity index (χ1n) is 3.14. The molecule has 0 spiro atoms. The fraction of sp³-hybridized carbons (Fsp3) is 1.00. The van der Waals surface area contributed by atoms with Crippen LogP contribution in [0.2, 0.25) is 0 Å². The second kappa shape index (κ2) is 4.31. The van der Waals surface area contributed by atoms with E-state index in [0.717, 1.165) is 0 Å². The van der Waals surface area contributed by atoms with Crippen molar-refractivity contribution in [3.05, 3.63) is 0 Å². The van der Waals surface area contributed by atoms with Crippen molar-refractivity contribution < 1.29 is 4.43 Å². The number of alkyl halides is 6. The van der Waals surface area contributed by atoms with Crippen molar-refractivity contribution in [2.45, 2.75) is 19.2 Å². The van der Waals surface area contributed by atoms with Crippen LogP contribution in [0.25, 0.3) is 0 Å². The fourth-order valence-corrected chi connectivity index (χ4v) is 7.21. The summed E-state index contributed by atoms with van der Waals surface area (Å²) in [4.78, 5) is 0. The summed E-state index contributed by atoms with van der Waals surface area (Å²) in [6.07, 6.45) is 0. The molecule has 1 rings (SSSR count). The third-order valence-electron chi connectivity index (χ3n) is 1.58. The Morgan fingerprint density at radius 2 is 1.43 bits per heavy atom. The van der Waals surface area contributed by atoms with Crippen molar-refractivity contribution in [2.24, 2.45) is 0 Å². The maximum absolute atomic E-state index is 5.85. The topological polar surface area (TPSA) is 9.23 Å². The minimum absolute atomic E-state index is 0.923. The first-order chi connectivity index (χ1) is 6.02. The summed E-state index contributed by atoms with van der Waals surface area (Å²) < 4.78 is 1.21. The lowest BCUT2D eigenvalue weighted by Gasteiger charge is -2.46. The maximum Gasteiger partial charge on any atom is 0.411 e. The molecule has 0 aromatic carbocycles. The summed E-state index contributed by atoms with van der Waals surface area (Å²) in [6, 6.07) is 0. The predicted molar refractivity (Wildman–Crippen MR) is 66.7 cm³/mol. The highest BCUT2D eigenvalue weighted by Gasteiger charge is 2.67. The van der Waals surface area contributed by atoms with E-state index in [9.17, 15) is 0 Å². The van der Waals surface area contributed by atoms with Crippen molar-refractivity contribution in [3.63, 3.8) is 0 Å². The Labute approximate surface area is 121 Å². The zero-order valence-corrected chi connectivity index (χ0v) is 13.1. The van der Waals surface area contributed by atoms with Crippen LogP contribution in [0.4, 0.5) is 0 Å². The van der Waals surface area contributed by atoms with E-state index in [1.54, 1.807) is 0 Å². The molecule has 1 heterocycles. The van der Waals surface area contributed by atoms with Crippen molar-refractivity contribution in [3.8, 4) is 0 Å². The zero-order chi connectivity index (χ0) is 11.4. The molecule has 2 unspecified atom stereocenters. The molecule has 0 saturated carbocycles. The van der Waals surface area contributed by atoms with Gasteiger partial charge in [0.2, 0.25) is 4.52 Å². The summed E-state index contributed by atoms with van der Waals surface area (Å²) in [6.45, 7) is -3.34. The molecule has 1 saturated heterocycles. The van der Waals surface area contributed by atoms with Crippen LogP contribution in [0.1, 0.15) is 0 Å². The van der Waals surface area contributed by atoms with Crippen molar-refractivity contribution in [1.82, 2.24) is 0 Å². The van der Waals surface area contributed by atoms with Crippen LogP contribution in [0.3, 0.4) is 0 Å². The van der Waals surface area contributed by atoms with Crippen LogP contribution in [0, 0.1) is 0 Å². The zero-order valence-electron chi connectivity index (χ0n) is 6.09. The van der Waals surface area contributed by atoms with Gasteiger partial charge in [0, 0.05) is 0 Å². The molecule has 0 radical (unpaired) electrons. The predicted octanol–water partition coefficient (Wildman–Crippen LogP) is 4.49. The fourth-order valence-electron chi connectivity index (χ4n) is 0.810. The van der Waals surface area contributed by atoms with Gasteiger partial charge in [-0.05, 0) is 0 Å². The van der Waals surface area contributed by atoms with Gasteiger partial charge in [-0.15, -0.1) is 45.4 Å². The Morgan fingerprint density at radius 1 is 1.00 bits per heavy atom. The van der Waals surface area contributed by atoms with Gasteiger partial charge < -0.3 is 4.43 Å². The van der Waals surface area contributed by atoms with E-state index in [1.807, 2.05) is 0 Å². The second-order valence-electron chi connectivity index (χ2n) is 2.61. The molecule has 2 atom stereocenters. The quantitative estimate of drug-likeness (QED) is 0.343. The van der Waals surface area contributed by atoms with Crippen molar-refractivity contribution in [1.29, 1.82) is 0 Å². The maximum atomic E-state index is 5.85. The molecule has 1 fully saturated rings. The summed E-state index contributed by atoms with van der Waals surface area (Å²) in [7, 11) is 0. The van der Waals surface area contributed by atoms with E-state index in [1.165, 1.54) is 0 Å². The Kier molecular flexibility index (Phi) is 4.48. The highest BCUT2D eigenvalue weighted by molar-refractivity contribution is 7.44. The van der Waals surface area contributed by atoms with E-state index in [0.29, 0.717) is 0 Å². The van der Waals surface area contributed by atoms with E-state index in [-0.39, 0.29) is 0 Å². The van der Waals surface area contributed by atoms with Crippen molar-refractivity contribution >= 4 is 98.7 Å². The highest BCUT2D eigenvalue weighted by Crippen LogP contribution is 2.57. The first-order valence-corrected chi connectivity index (χ1v) is 9.53. The van der Waals surface area contributed by atoms with Gasteiger partial charge in [-0.1, -0.05) is 46.4 Å². The van der Waals surface area contributed by atoms with Crippen LogP contribution in [-0.2, 0) is 4.43 Å². The van der Waals surface area contributed by atoms with Crippen LogP contribution in [-0.4, -0.2) is 26.2 Å². The monoisotopic (exact) mass is 374 g/mol. The van der Waals surface area contributed by atoms with E-state index in [4.69, 9.17) is 96.2 Å². The molecule has 0 aromatic heterocycles. The van der Waals surface area contributed by atoms with Gasteiger partial charge in [0.15, 0.2) is 4.33 Å². The molecular weight excluding hydrogens is 376 g/mol. The first kappa shape index (κ1) is 14.6. The van der Waals surface area contributed by atoms with Crippen LogP contribution in [0.15, 0.2) is 0 Å².